The van der Waals surface area contributed by atoms with E-state index in [0.29, 0.717) is 0 Å². The second kappa shape index (κ2) is 7.66. The molecular formula is C17H28N2. The summed E-state index contributed by atoms with van der Waals surface area (Å²) in [5, 5.41) is 6.86. The molecule has 2 nitrogen and oxygen atoms in total. The highest BCUT2D eigenvalue weighted by Crippen LogP contribution is 2.22. The summed E-state index contributed by atoms with van der Waals surface area (Å²) in [5.74, 6) is 0.755. The number of hydrogen-bond donors (Lipinski definition) is 2. The Morgan fingerprint density at radius 3 is 2.79 bits per heavy atom. The largest absolute Gasteiger partial charge is 0.319 e. The number of fused-ring (bicyclic) bond motifs is 1. The van der Waals surface area contributed by atoms with Gasteiger partial charge in [0.2, 0.25) is 0 Å². The van der Waals surface area contributed by atoms with Gasteiger partial charge in [-0.3, -0.25) is 0 Å². The lowest BCUT2D eigenvalue weighted by Gasteiger charge is -2.15. The van der Waals surface area contributed by atoms with Gasteiger partial charge >= 0.3 is 0 Å². The van der Waals surface area contributed by atoms with Crippen molar-refractivity contribution in [1.29, 1.82) is 0 Å². The fourth-order valence-corrected chi connectivity index (χ4v) is 2.97. The third-order valence-electron chi connectivity index (χ3n) is 4.26. The summed E-state index contributed by atoms with van der Waals surface area (Å²) < 4.78 is 0. The minimum atomic E-state index is 0.755. The molecule has 2 heteroatoms. The molecule has 2 N–H and O–H groups in total. The van der Waals surface area contributed by atoms with E-state index in [-0.39, 0.29) is 0 Å². The lowest BCUT2D eigenvalue weighted by molar-refractivity contribution is 0.447. The molecule has 0 heterocycles. The van der Waals surface area contributed by atoms with Crippen molar-refractivity contribution < 1.29 is 0 Å². The van der Waals surface area contributed by atoms with Gasteiger partial charge in [-0.2, -0.15) is 0 Å². The van der Waals surface area contributed by atoms with E-state index in [9.17, 15) is 0 Å². The fourth-order valence-electron chi connectivity index (χ4n) is 2.97. The van der Waals surface area contributed by atoms with Crippen LogP contribution in [0.4, 0.5) is 0 Å². The van der Waals surface area contributed by atoms with Crippen LogP contribution in [0.1, 0.15) is 36.5 Å². The Balaban J connectivity index is 1.71. The minimum absolute atomic E-state index is 0.755. The Morgan fingerprint density at radius 2 is 2.00 bits per heavy atom. The molecule has 1 aliphatic carbocycles. The zero-order chi connectivity index (χ0) is 13.5. The Kier molecular flexibility index (Phi) is 5.87. The zero-order valence-electron chi connectivity index (χ0n) is 12.5. The molecular weight excluding hydrogens is 232 g/mol. The molecule has 1 unspecified atom stereocenters. The van der Waals surface area contributed by atoms with Crippen LogP contribution in [0.5, 0.6) is 0 Å². The van der Waals surface area contributed by atoms with Crippen LogP contribution in [0, 0.1) is 5.92 Å². The summed E-state index contributed by atoms with van der Waals surface area (Å²) in [5.41, 5.74) is 4.67. The molecule has 1 aromatic rings. The van der Waals surface area contributed by atoms with E-state index in [4.69, 9.17) is 0 Å². The van der Waals surface area contributed by atoms with Gasteiger partial charge in [-0.1, -0.05) is 31.5 Å². The summed E-state index contributed by atoms with van der Waals surface area (Å²) in [6, 6.07) is 7.08. The van der Waals surface area contributed by atoms with Gasteiger partial charge in [-0.05, 0) is 75.0 Å². The first-order valence-corrected chi connectivity index (χ1v) is 7.79. The van der Waals surface area contributed by atoms with Gasteiger partial charge in [-0.15, -0.1) is 0 Å². The molecule has 0 amide bonds. The van der Waals surface area contributed by atoms with Gasteiger partial charge in [0.1, 0.15) is 0 Å². The van der Waals surface area contributed by atoms with Crippen LogP contribution in [-0.2, 0) is 19.3 Å². The van der Waals surface area contributed by atoms with Crippen LogP contribution >= 0.6 is 0 Å². The van der Waals surface area contributed by atoms with E-state index in [1.165, 1.54) is 31.2 Å². The summed E-state index contributed by atoms with van der Waals surface area (Å²) in [6.07, 6.45) is 6.32. The highest BCUT2D eigenvalue weighted by Gasteiger charge is 2.10. The molecule has 1 atom stereocenters. The minimum Gasteiger partial charge on any atom is -0.319 e. The number of benzene rings is 1. The molecule has 0 fully saturated rings. The fraction of sp³-hybridized carbons (Fsp3) is 0.647. The van der Waals surface area contributed by atoms with E-state index < -0.39 is 0 Å². The third-order valence-corrected chi connectivity index (χ3v) is 4.26. The summed E-state index contributed by atoms with van der Waals surface area (Å²) >= 11 is 0. The smallest absolute Gasteiger partial charge is 0.000823 e. The molecule has 1 aromatic carbocycles. The molecule has 0 saturated carbocycles. The van der Waals surface area contributed by atoms with Gasteiger partial charge in [-0.25, -0.2) is 0 Å². The predicted octanol–water partition coefficient (Wildman–Crippen LogP) is 2.55. The van der Waals surface area contributed by atoms with Crippen LogP contribution in [0.3, 0.4) is 0 Å². The van der Waals surface area contributed by atoms with Gasteiger partial charge in [0.15, 0.2) is 0 Å². The molecule has 0 aliphatic heterocycles. The van der Waals surface area contributed by atoms with Crippen LogP contribution in [0.25, 0.3) is 0 Å². The number of nitrogens with one attached hydrogen (secondary N) is 2. The third kappa shape index (κ3) is 4.32. The van der Waals surface area contributed by atoms with E-state index in [1.54, 1.807) is 11.1 Å². The van der Waals surface area contributed by atoms with Crippen LogP contribution in [0.2, 0.25) is 0 Å². The molecule has 19 heavy (non-hydrogen) atoms. The van der Waals surface area contributed by atoms with Crippen LogP contribution < -0.4 is 10.6 Å². The Morgan fingerprint density at radius 1 is 1.16 bits per heavy atom. The zero-order valence-corrected chi connectivity index (χ0v) is 12.5. The van der Waals surface area contributed by atoms with Gasteiger partial charge in [0, 0.05) is 0 Å². The second-order valence-electron chi connectivity index (χ2n) is 5.74. The first kappa shape index (κ1) is 14.5. The SMILES string of the molecule is CCC(CNC)CNCCc1ccc2c(c1)CCC2. The highest BCUT2D eigenvalue weighted by molar-refractivity contribution is 5.35. The maximum absolute atomic E-state index is 3.60. The molecule has 0 radical (unpaired) electrons. The molecule has 2 rings (SSSR count). The topological polar surface area (TPSA) is 24.1 Å². The van der Waals surface area contributed by atoms with Crippen molar-refractivity contribution in [2.24, 2.45) is 5.92 Å². The molecule has 1 aliphatic rings. The number of aryl methyl sites for hydroxylation is 2. The Hall–Kier alpha value is -0.860. The Labute approximate surface area is 118 Å². The normalized spacial score (nSPS) is 15.5. The van der Waals surface area contributed by atoms with Crippen molar-refractivity contribution >= 4 is 0 Å². The maximum atomic E-state index is 3.60. The lowest BCUT2D eigenvalue weighted by Crippen LogP contribution is -2.30. The van der Waals surface area contributed by atoms with E-state index in [1.807, 2.05) is 7.05 Å². The van der Waals surface area contributed by atoms with Crippen LogP contribution in [-0.4, -0.2) is 26.7 Å². The average molecular weight is 260 g/mol. The molecule has 106 valence electrons. The maximum Gasteiger partial charge on any atom is -0.000823 e. The standard InChI is InChI=1S/C17H28N2/c1-3-14(12-18-2)13-19-10-9-15-7-8-16-5-4-6-17(16)11-15/h7-8,11,14,18-19H,3-6,9-10,12-13H2,1-2H3. The molecule has 0 aromatic heterocycles. The highest BCUT2D eigenvalue weighted by atomic mass is 14.9. The predicted molar refractivity (Wildman–Crippen MR) is 82.7 cm³/mol. The van der Waals surface area contributed by atoms with E-state index in [2.05, 4.69) is 35.8 Å². The van der Waals surface area contributed by atoms with Gasteiger partial charge in [0.05, 0.1) is 0 Å². The summed E-state index contributed by atoms with van der Waals surface area (Å²) in [4.78, 5) is 0. The molecule has 0 bridgehead atoms. The van der Waals surface area contributed by atoms with Crippen molar-refractivity contribution in [2.45, 2.75) is 39.0 Å². The van der Waals surface area contributed by atoms with Crippen molar-refractivity contribution in [2.75, 3.05) is 26.7 Å². The average Bonchev–Trinajstić information content (AvgIpc) is 2.89. The van der Waals surface area contributed by atoms with E-state index in [0.717, 1.165) is 32.0 Å². The van der Waals surface area contributed by atoms with Gasteiger partial charge in [0.25, 0.3) is 0 Å². The van der Waals surface area contributed by atoms with Crippen molar-refractivity contribution in [3.8, 4) is 0 Å². The monoisotopic (exact) mass is 260 g/mol. The van der Waals surface area contributed by atoms with E-state index >= 15 is 0 Å². The molecule has 0 saturated heterocycles. The van der Waals surface area contributed by atoms with Gasteiger partial charge < -0.3 is 10.6 Å². The first-order chi connectivity index (χ1) is 9.33. The Bertz CT molecular complexity index is 387. The quantitative estimate of drug-likeness (QED) is 0.702. The number of hydrogen-bond acceptors (Lipinski definition) is 2. The second-order valence-corrected chi connectivity index (χ2v) is 5.74. The lowest BCUT2D eigenvalue weighted by atomic mass is 10.0. The van der Waals surface area contributed by atoms with Crippen molar-refractivity contribution in [3.05, 3.63) is 34.9 Å². The molecule has 0 spiro atoms. The van der Waals surface area contributed by atoms with Crippen molar-refractivity contribution in [3.63, 3.8) is 0 Å². The van der Waals surface area contributed by atoms with Crippen molar-refractivity contribution in [1.82, 2.24) is 10.6 Å². The number of rotatable bonds is 8. The first-order valence-electron chi connectivity index (χ1n) is 7.79. The summed E-state index contributed by atoms with van der Waals surface area (Å²) in [6.45, 7) is 5.60. The van der Waals surface area contributed by atoms with Crippen LogP contribution in [0.15, 0.2) is 18.2 Å². The summed E-state index contributed by atoms with van der Waals surface area (Å²) in [7, 11) is 2.03.